The molecule has 36 heavy (non-hydrogen) atoms. The molecule has 186 valence electrons. The SMILES string of the molecule is COc1cc(C2=NN(C(=O)Cc3ccc(NC(=O)c4cccnc4)cc3)CCC2)ccc1S(C)(=O)=O. The van der Waals surface area contributed by atoms with E-state index in [1.807, 2.05) is 0 Å². The van der Waals surface area contributed by atoms with E-state index < -0.39 is 9.84 Å². The summed E-state index contributed by atoms with van der Waals surface area (Å²) in [6.07, 6.45) is 5.78. The van der Waals surface area contributed by atoms with Crippen LogP contribution in [0.15, 0.2) is 77.0 Å². The number of anilines is 1. The molecule has 0 spiro atoms. The number of benzene rings is 2. The summed E-state index contributed by atoms with van der Waals surface area (Å²) < 4.78 is 29.2. The van der Waals surface area contributed by atoms with Gasteiger partial charge in [0.05, 0.1) is 24.8 Å². The number of carbonyl (C=O) groups is 2. The highest BCUT2D eigenvalue weighted by Gasteiger charge is 2.22. The van der Waals surface area contributed by atoms with Crippen molar-refractivity contribution in [1.82, 2.24) is 9.99 Å². The molecule has 9 nitrogen and oxygen atoms in total. The van der Waals surface area contributed by atoms with Gasteiger partial charge in [-0.3, -0.25) is 14.6 Å². The number of hydrogen-bond donors (Lipinski definition) is 1. The van der Waals surface area contributed by atoms with Crippen LogP contribution in [0.25, 0.3) is 0 Å². The van der Waals surface area contributed by atoms with E-state index in [1.165, 1.54) is 24.4 Å². The van der Waals surface area contributed by atoms with Crippen molar-refractivity contribution in [2.75, 3.05) is 25.2 Å². The molecule has 0 saturated heterocycles. The summed E-state index contributed by atoms with van der Waals surface area (Å²) in [4.78, 5) is 29.3. The van der Waals surface area contributed by atoms with Crippen molar-refractivity contribution < 1.29 is 22.7 Å². The van der Waals surface area contributed by atoms with Crippen LogP contribution in [0.2, 0.25) is 0 Å². The molecule has 4 rings (SSSR count). The number of rotatable bonds is 7. The van der Waals surface area contributed by atoms with Crippen molar-refractivity contribution >= 4 is 33.1 Å². The first-order valence-electron chi connectivity index (χ1n) is 11.3. The maximum absolute atomic E-state index is 12.9. The van der Waals surface area contributed by atoms with Crippen molar-refractivity contribution in [2.45, 2.75) is 24.2 Å². The average Bonchev–Trinajstić information content (AvgIpc) is 2.89. The molecule has 10 heteroatoms. The Balaban J connectivity index is 1.43. The van der Waals surface area contributed by atoms with E-state index in [1.54, 1.807) is 54.7 Å². The zero-order valence-corrected chi connectivity index (χ0v) is 20.8. The molecule has 2 amide bonds. The maximum Gasteiger partial charge on any atom is 0.257 e. The smallest absolute Gasteiger partial charge is 0.257 e. The number of pyridine rings is 1. The lowest BCUT2D eigenvalue weighted by Crippen LogP contribution is -2.33. The summed E-state index contributed by atoms with van der Waals surface area (Å²) in [5, 5.41) is 8.80. The highest BCUT2D eigenvalue weighted by molar-refractivity contribution is 7.90. The van der Waals surface area contributed by atoms with Crippen LogP contribution in [0.4, 0.5) is 5.69 Å². The van der Waals surface area contributed by atoms with Crippen LogP contribution in [0, 0.1) is 0 Å². The van der Waals surface area contributed by atoms with E-state index in [9.17, 15) is 18.0 Å². The van der Waals surface area contributed by atoms with Crippen LogP contribution in [0.5, 0.6) is 5.75 Å². The van der Waals surface area contributed by atoms with E-state index in [2.05, 4.69) is 15.4 Å². The average molecular weight is 507 g/mol. The monoisotopic (exact) mass is 506 g/mol. The third kappa shape index (κ3) is 5.95. The molecule has 0 unspecified atom stereocenters. The Morgan fingerprint density at radius 2 is 1.89 bits per heavy atom. The lowest BCUT2D eigenvalue weighted by molar-refractivity contribution is -0.130. The lowest BCUT2D eigenvalue weighted by Gasteiger charge is -2.24. The molecule has 0 atom stereocenters. The zero-order chi connectivity index (χ0) is 25.7. The molecule has 0 fully saturated rings. The number of carbonyl (C=O) groups excluding carboxylic acids is 2. The fourth-order valence-electron chi connectivity index (χ4n) is 3.85. The van der Waals surface area contributed by atoms with Crippen LogP contribution in [0.3, 0.4) is 0 Å². The number of nitrogens with zero attached hydrogens (tertiary/aromatic N) is 3. The number of methoxy groups -OCH3 is 1. The van der Waals surface area contributed by atoms with E-state index in [-0.39, 0.29) is 28.9 Å². The Bertz CT molecular complexity index is 1400. The molecule has 0 radical (unpaired) electrons. The number of amides is 2. The van der Waals surface area contributed by atoms with Crippen molar-refractivity contribution in [3.63, 3.8) is 0 Å². The topological polar surface area (TPSA) is 118 Å². The zero-order valence-electron chi connectivity index (χ0n) is 20.0. The van der Waals surface area contributed by atoms with E-state index >= 15 is 0 Å². The number of hydrogen-bond acceptors (Lipinski definition) is 7. The summed E-state index contributed by atoms with van der Waals surface area (Å²) >= 11 is 0. The van der Waals surface area contributed by atoms with Gasteiger partial charge in [-0.05, 0) is 54.8 Å². The molecule has 1 N–H and O–H groups in total. The van der Waals surface area contributed by atoms with Crippen LogP contribution in [-0.2, 0) is 21.1 Å². The van der Waals surface area contributed by atoms with E-state index in [0.29, 0.717) is 35.5 Å². The van der Waals surface area contributed by atoms with Gasteiger partial charge in [0.2, 0.25) is 5.91 Å². The fraction of sp³-hybridized carbons (Fsp3) is 0.231. The molecule has 2 aromatic carbocycles. The molecular weight excluding hydrogens is 480 g/mol. The Morgan fingerprint density at radius 1 is 1.11 bits per heavy atom. The molecular formula is C26H26N4O5S. The minimum Gasteiger partial charge on any atom is -0.495 e. The largest absolute Gasteiger partial charge is 0.495 e. The first-order chi connectivity index (χ1) is 17.2. The first kappa shape index (κ1) is 25.1. The molecule has 1 aliphatic heterocycles. The summed E-state index contributed by atoms with van der Waals surface area (Å²) in [7, 11) is -2.01. The minimum atomic E-state index is -3.43. The number of nitrogens with one attached hydrogen (secondary N) is 1. The molecule has 3 aromatic rings. The van der Waals surface area contributed by atoms with Crippen molar-refractivity contribution in [2.24, 2.45) is 5.10 Å². The lowest BCUT2D eigenvalue weighted by atomic mass is 10.0. The van der Waals surface area contributed by atoms with Gasteiger partial charge in [-0.1, -0.05) is 18.2 Å². The Labute approximate surface area is 209 Å². The maximum atomic E-state index is 12.9. The van der Waals surface area contributed by atoms with Gasteiger partial charge in [0.1, 0.15) is 10.6 Å². The van der Waals surface area contributed by atoms with Gasteiger partial charge in [0, 0.05) is 36.4 Å². The second-order valence-electron chi connectivity index (χ2n) is 8.37. The molecule has 1 aromatic heterocycles. The molecule has 0 saturated carbocycles. The highest BCUT2D eigenvalue weighted by atomic mass is 32.2. The number of sulfone groups is 1. The van der Waals surface area contributed by atoms with Crippen molar-refractivity contribution in [3.05, 3.63) is 83.7 Å². The van der Waals surface area contributed by atoms with Gasteiger partial charge in [0.25, 0.3) is 5.91 Å². The van der Waals surface area contributed by atoms with Gasteiger partial charge in [-0.25, -0.2) is 13.4 Å². The molecule has 0 aliphatic carbocycles. The Hall–Kier alpha value is -4.05. The van der Waals surface area contributed by atoms with E-state index in [4.69, 9.17) is 4.74 Å². The fourth-order valence-corrected chi connectivity index (χ4v) is 4.67. The van der Waals surface area contributed by atoms with Crippen LogP contribution >= 0.6 is 0 Å². The van der Waals surface area contributed by atoms with Gasteiger partial charge >= 0.3 is 0 Å². The normalized spacial score (nSPS) is 13.6. The summed E-state index contributed by atoms with van der Waals surface area (Å²) in [6, 6.07) is 15.3. The molecule has 1 aliphatic rings. The number of hydrazone groups is 1. The third-order valence-electron chi connectivity index (χ3n) is 5.70. The summed E-state index contributed by atoms with van der Waals surface area (Å²) in [6.45, 7) is 0.500. The van der Waals surface area contributed by atoms with Gasteiger partial charge in [0.15, 0.2) is 9.84 Å². The second kappa shape index (κ2) is 10.7. The van der Waals surface area contributed by atoms with Crippen molar-refractivity contribution in [3.8, 4) is 5.75 Å². The predicted molar refractivity (Wildman–Crippen MR) is 136 cm³/mol. The van der Waals surface area contributed by atoms with Gasteiger partial charge in [-0.15, -0.1) is 0 Å². The summed E-state index contributed by atoms with van der Waals surface area (Å²) in [5.74, 6) is -0.167. The van der Waals surface area contributed by atoms with Gasteiger partial charge < -0.3 is 10.1 Å². The quantitative estimate of drug-likeness (QED) is 0.525. The number of aromatic nitrogens is 1. The standard InChI is InChI=1S/C26H26N4O5S/c1-35-23-16-19(9-12-24(23)36(2,33)34)22-6-4-14-30(29-22)25(31)15-18-7-10-21(11-8-18)28-26(32)20-5-3-13-27-17-20/h3,5,7-13,16-17H,4,6,14-15H2,1-2H3,(H,28,32). The molecule has 2 heterocycles. The van der Waals surface area contributed by atoms with Crippen molar-refractivity contribution in [1.29, 1.82) is 0 Å². The Kier molecular flexibility index (Phi) is 7.44. The second-order valence-corrected chi connectivity index (χ2v) is 10.4. The van der Waals surface area contributed by atoms with Crippen LogP contribution < -0.4 is 10.1 Å². The van der Waals surface area contributed by atoms with Crippen LogP contribution in [0.1, 0.15) is 34.3 Å². The highest BCUT2D eigenvalue weighted by Crippen LogP contribution is 2.27. The summed E-state index contributed by atoms with van der Waals surface area (Å²) in [5.41, 5.74) is 3.27. The van der Waals surface area contributed by atoms with E-state index in [0.717, 1.165) is 18.2 Å². The van der Waals surface area contributed by atoms with Gasteiger partial charge in [-0.2, -0.15) is 5.10 Å². The number of ether oxygens (including phenoxy) is 1. The Morgan fingerprint density at radius 3 is 2.56 bits per heavy atom. The predicted octanol–water partition coefficient (Wildman–Crippen LogP) is 3.32. The first-order valence-corrected chi connectivity index (χ1v) is 13.2. The van der Waals surface area contributed by atoms with Crippen LogP contribution in [-0.4, -0.2) is 55.8 Å². The third-order valence-corrected chi connectivity index (χ3v) is 6.84. The minimum absolute atomic E-state index is 0.109. The molecule has 0 bridgehead atoms.